The molecule has 2 rings (SSSR count). The van der Waals surface area contributed by atoms with Gasteiger partial charge in [-0.15, -0.1) is 0 Å². The van der Waals surface area contributed by atoms with Gasteiger partial charge in [0, 0.05) is 0 Å². The molecule has 4 heteroatoms. The normalized spacial score (nSPS) is 10.2. The van der Waals surface area contributed by atoms with Crippen molar-refractivity contribution in [3.05, 3.63) is 24.0 Å². The van der Waals surface area contributed by atoms with E-state index in [1.165, 1.54) is 0 Å². The third kappa shape index (κ3) is 0.935. The van der Waals surface area contributed by atoms with E-state index in [4.69, 9.17) is 7.33 Å². The first-order valence-corrected chi connectivity index (χ1v) is 3.55. The summed E-state index contributed by atoms with van der Waals surface area (Å²) in [6.45, 7) is 0. The Bertz CT molecular complexity index is 467. The van der Waals surface area contributed by atoms with Crippen molar-refractivity contribution in [3.8, 4) is 5.80 Å². The van der Waals surface area contributed by atoms with Gasteiger partial charge in [-0.1, -0.05) is 0 Å². The van der Waals surface area contributed by atoms with Crippen LogP contribution >= 0.6 is 0 Å². The van der Waals surface area contributed by atoms with Gasteiger partial charge in [0.25, 0.3) is 0 Å². The predicted molar refractivity (Wildman–Crippen MR) is 47.3 cm³/mol. The first-order valence-electron chi connectivity index (χ1n) is 3.55. The standard InChI is InChI=1S/C8H6BN3/c1-12-8-2-6(3-9)4-10-7(8)5-11-12/h2,4-5H,1H3. The SMILES string of the molecule is B#Cc1cnc2cnn(C)c2c1. The van der Waals surface area contributed by atoms with Gasteiger partial charge in [-0.25, -0.2) is 0 Å². The quantitative estimate of drug-likeness (QED) is 0.517. The Kier molecular flexibility index (Phi) is 1.49. The zero-order chi connectivity index (χ0) is 8.55. The average molecular weight is 155 g/mol. The van der Waals surface area contributed by atoms with Gasteiger partial charge in [0.1, 0.15) is 0 Å². The van der Waals surface area contributed by atoms with Crippen LogP contribution in [0.4, 0.5) is 0 Å². The molecule has 0 aliphatic heterocycles. The Labute approximate surface area is 70.8 Å². The van der Waals surface area contributed by atoms with E-state index in [-0.39, 0.29) is 0 Å². The summed E-state index contributed by atoms with van der Waals surface area (Å²) in [5.41, 5.74) is 2.62. The molecule has 0 aromatic carbocycles. The molecule has 12 heavy (non-hydrogen) atoms. The van der Waals surface area contributed by atoms with E-state index in [1.807, 2.05) is 13.1 Å². The molecule has 0 atom stereocenters. The van der Waals surface area contributed by atoms with Crippen molar-refractivity contribution in [2.45, 2.75) is 0 Å². The molecule has 2 heterocycles. The van der Waals surface area contributed by atoms with Gasteiger partial charge in [-0.3, -0.25) is 0 Å². The van der Waals surface area contributed by atoms with Crippen molar-refractivity contribution in [3.63, 3.8) is 0 Å². The molecule has 0 saturated carbocycles. The van der Waals surface area contributed by atoms with Crippen LogP contribution in [0.25, 0.3) is 11.0 Å². The van der Waals surface area contributed by atoms with E-state index in [2.05, 4.69) is 15.9 Å². The maximum atomic E-state index is 5.24. The van der Waals surface area contributed by atoms with Gasteiger partial charge in [-0.2, -0.15) is 0 Å². The fourth-order valence-electron chi connectivity index (χ4n) is 1.10. The fourth-order valence-corrected chi connectivity index (χ4v) is 1.10. The van der Waals surface area contributed by atoms with Crippen molar-refractivity contribution in [1.82, 2.24) is 14.8 Å². The first kappa shape index (κ1) is 7.13. The summed E-state index contributed by atoms with van der Waals surface area (Å²) in [7, 11) is 7.11. The summed E-state index contributed by atoms with van der Waals surface area (Å²) >= 11 is 0. The van der Waals surface area contributed by atoms with Gasteiger partial charge in [-0.05, 0) is 0 Å². The second-order valence-corrected chi connectivity index (χ2v) is 2.54. The van der Waals surface area contributed by atoms with Crippen molar-refractivity contribution in [2.24, 2.45) is 7.05 Å². The molecule has 0 bridgehead atoms. The second-order valence-electron chi connectivity index (χ2n) is 2.54. The van der Waals surface area contributed by atoms with Crippen LogP contribution in [0.3, 0.4) is 0 Å². The van der Waals surface area contributed by atoms with E-state index >= 15 is 0 Å². The van der Waals surface area contributed by atoms with Crippen LogP contribution in [0.2, 0.25) is 0 Å². The summed E-state index contributed by atoms with van der Waals surface area (Å²) in [6, 6.07) is 1.90. The molecule has 0 aliphatic carbocycles. The number of pyridine rings is 1. The Morgan fingerprint density at radius 2 is 2.33 bits per heavy atom. The fraction of sp³-hybridized carbons (Fsp3) is 0.125. The number of fused-ring (bicyclic) bond motifs is 1. The van der Waals surface area contributed by atoms with Gasteiger partial charge in [0.15, 0.2) is 0 Å². The van der Waals surface area contributed by atoms with Gasteiger partial charge >= 0.3 is 70.0 Å². The third-order valence-electron chi connectivity index (χ3n) is 1.77. The van der Waals surface area contributed by atoms with Crippen LogP contribution in [0.5, 0.6) is 0 Å². The number of hydrogen-bond donors (Lipinski definition) is 0. The van der Waals surface area contributed by atoms with E-state index in [1.54, 1.807) is 17.1 Å². The number of hydrogen-bond acceptors (Lipinski definition) is 2. The summed E-state index contributed by atoms with van der Waals surface area (Å²) in [4.78, 5) is 4.15. The van der Waals surface area contributed by atoms with Crippen LogP contribution in [-0.4, -0.2) is 22.1 Å². The average Bonchev–Trinajstić information content (AvgIpc) is 2.47. The summed E-state index contributed by atoms with van der Waals surface area (Å²) in [5, 5.41) is 4.06. The molecule has 3 nitrogen and oxygen atoms in total. The Morgan fingerprint density at radius 3 is 3.08 bits per heavy atom. The van der Waals surface area contributed by atoms with Crippen LogP contribution in [0, 0.1) is 5.80 Å². The molecule has 0 N–H and O–H groups in total. The summed E-state index contributed by atoms with van der Waals surface area (Å²) in [5.74, 6) is 2.53. The maximum absolute atomic E-state index is 5.24. The number of aromatic nitrogens is 3. The number of aryl methyl sites for hydroxylation is 1. The molecule has 56 valence electrons. The van der Waals surface area contributed by atoms with Crippen LogP contribution < -0.4 is 0 Å². The Hall–Kier alpha value is -1.54. The monoisotopic (exact) mass is 155 g/mol. The molecule has 0 aliphatic rings. The molecule has 2 aromatic heterocycles. The van der Waals surface area contributed by atoms with Gasteiger partial charge < -0.3 is 0 Å². The molecular weight excluding hydrogens is 149 g/mol. The minimum absolute atomic E-state index is 0.783. The van der Waals surface area contributed by atoms with Crippen molar-refractivity contribution in [1.29, 1.82) is 0 Å². The summed E-state index contributed by atoms with van der Waals surface area (Å²) < 4.78 is 1.75. The zero-order valence-corrected chi connectivity index (χ0v) is 6.65. The molecule has 0 saturated heterocycles. The number of nitrogens with zero attached hydrogens (tertiary/aromatic N) is 3. The first-order chi connectivity index (χ1) is 5.81. The third-order valence-corrected chi connectivity index (χ3v) is 1.77. The van der Waals surface area contributed by atoms with Crippen molar-refractivity contribution in [2.75, 3.05) is 0 Å². The molecule has 0 spiro atoms. The Morgan fingerprint density at radius 1 is 1.50 bits per heavy atom. The van der Waals surface area contributed by atoms with Crippen LogP contribution in [0.15, 0.2) is 18.5 Å². The van der Waals surface area contributed by atoms with Crippen LogP contribution in [0.1, 0.15) is 5.56 Å². The van der Waals surface area contributed by atoms with E-state index in [0.717, 1.165) is 16.6 Å². The van der Waals surface area contributed by atoms with Gasteiger partial charge in [0.05, 0.1) is 0 Å². The molecule has 2 aromatic rings. The second kappa shape index (κ2) is 2.50. The minimum atomic E-state index is 0.783. The van der Waals surface area contributed by atoms with Crippen molar-refractivity contribution >= 4 is 18.4 Å². The summed E-state index contributed by atoms with van der Waals surface area (Å²) in [6.07, 6.45) is 3.39. The molecule has 0 unspecified atom stereocenters. The van der Waals surface area contributed by atoms with E-state index in [9.17, 15) is 0 Å². The molecule has 0 radical (unpaired) electrons. The molecule has 0 fully saturated rings. The topological polar surface area (TPSA) is 30.7 Å². The molecule has 0 amide bonds. The number of rotatable bonds is 0. The Balaban J connectivity index is 2.82. The van der Waals surface area contributed by atoms with Crippen LogP contribution in [-0.2, 0) is 7.05 Å². The zero-order valence-electron chi connectivity index (χ0n) is 6.65. The van der Waals surface area contributed by atoms with Crippen molar-refractivity contribution < 1.29 is 0 Å². The van der Waals surface area contributed by atoms with Gasteiger partial charge in [0.2, 0.25) is 0 Å². The van der Waals surface area contributed by atoms with E-state index in [0.29, 0.717) is 0 Å². The molecular formula is C8H6BN3. The predicted octanol–water partition coefficient (Wildman–Crippen LogP) is 0.444. The van der Waals surface area contributed by atoms with E-state index < -0.39 is 0 Å².